The summed E-state index contributed by atoms with van der Waals surface area (Å²) < 4.78 is 40.7. The Labute approximate surface area is 227 Å². The maximum Gasteiger partial charge on any atom is 0.416 e. The Hall–Kier alpha value is -3.06. The van der Waals surface area contributed by atoms with Gasteiger partial charge in [-0.05, 0) is 47.8 Å². The van der Waals surface area contributed by atoms with Gasteiger partial charge >= 0.3 is 6.18 Å². The number of thiophene rings is 1. The number of benzene rings is 2. The quantitative estimate of drug-likeness (QED) is 0.236. The number of thioether (sulfide) groups is 1. The van der Waals surface area contributed by atoms with Gasteiger partial charge in [-0.25, -0.2) is 0 Å². The van der Waals surface area contributed by atoms with Gasteiger partial charge in [-0.2, -0.15) is 13.2 Å². The predicted octanol–water partition coefficient (Wildman–Crippen LogP) is 6.32. The van der Waals surface area contributed by atoms with Crippen molar-refractivity contribution in [2.75, 3.05) is 11.1 Å². The zero-order valence-corrected chi connectivity index (χ0v) is 21.7. The largest absolute Gasteiger partial charge is 0.416 e. The molecule has 0 radical (unpaired) electrons. The Morgan fingerprint density at radius 3 is 2.57 bits per heavy atom. The highest BCUT2D eigenvalue weighted by Gasteiger charge is 2.31. The van der Waals surface area contributed by atoms with E-state index in [1.165, 1.54) is 11.3 Å². The number of carbonyl (C=O) groups excluding carboxylic acids is 2. The topological polar surface area (TPSA) is 88.9 Å². The third-order valence-corrected chi connectivity index (χ3v) is 7.18. The zero-order valence-electron chi connectivity index (χ0n) is 18.6. The number of nitrogens with one attached hydrogen (secondary N) is 2. The molecule has 7 nitrogen and oxygen atoms in total. The summed E-state index contributed by atoms with van der Waals surface area (Å²) in [4.78, 5) is 25.5. The lowest BCUT2D eigenvalue weighted by Crippen LogP contribution is -2.24. The van der Waals surface area contributed by atoms with Crippen LogP contribution >= 0.6 is 46.3 Å². The van der Waals surface area contributed by atoms with Crippen molar-refractivity contribution in [2.24, 2.45) is 0 Å². The average Bonchev–Trinajstić information content (AvgIpc) is 3.52. The van der Waals surface area contributed by atoms with Crippen LogP contribution in [0.5, 0.6) is 0 Å². The van der Waals surface area contributed by atoms with Gasteiger partial charge in [-0.3, -0.25) is 14.2 Å². The second-order valence-electron chi connectivity index (χ2n) is 7.40. The van der Waals surface area contributed by atoms with Gasteiger partial charge < -0.3 is 10.6 Å². The van der Waals surface area contributed by atoms with Crippen molar-refractivity contribution >= 4 is 63.8 Å². The van der Waals surface area contributed by atoms with Gasteiger partial charge in [0.15, 0.2) is 11.0 Å². The molecule has 0 aliphatic carbocycles. The van der Waals surface area contributed by atoms with Crippen LogP contribution in [0, 0.1) is 0 Å². The molecule has 2 aromatic carbocycles. The molecule has 14 heteroatoms. The first kappa shape index (κ1) is 27.0. The number of amides is 2. The zero-order chi connectivity index (χ0) is 26.6. The van der Waals surface area contributed by atoms with Crippen molar-refractivity contribution in [2.45, 2.75) is 17.9 Å². The van der Waals surface area contributed by atoms with Crippen LogP contribution in [-0.2, 0) is 17.5 Å². The molecule has 0 aliphatic heterocycles. The van der Waals surface area contributed by atoms with Crippen molar-refractivity contribution in [3.8, 4) is 5.69 Å². The maximum atomic E-state index is 13.0. The van der Waals surface area contributed by atoms with Crippen molar-refractivity contribution in [3.63, 3.8) is 0 Å². The Morgan fingerprint density at radius 2 is 1.86 bits per heavy atom. The van der Waals surface area contributed by atoms with E-state index in [2.05, 4.69) is 20.8 Å². The predicted molar refractivity (Wildman–Crippen MR) is 138 cm³/mol. The second kappa shape index (κ2) is 11.5. The molecule has 2 N–H and O–H groups in total. The van der Waals surface area contributed by atoms with E-state index < -0.39 is 17.6 Å². The number of rotatable bonds is 8. The van der Waals surface area contributed by atoms with Gasteiger partial charge in [0.1, 0.15) is 0 Å². The van der Waals surface area contributed by atoms with Gasteiger partial charge in [0.25, 0.3) is 5.91 Å². The average molecular weight is 586 g/mol. The fourth-order valence-corrected chi connectivity index (χ4v) is 4.91. The third kappa shape index (κ3) is 6.83. The minimum absolute atomic E-state index is 0.0304. The molecule has 0 saturated carbocycles. The summed E-state index contributed by atoms with van der Waals surface area (Å²) in [7, 11) is 0. The molecule has 0 spiro atoms. The summed E-state index contributed by atoms with van der Waals surface area (Å²) >= 11 is 14.4. The summed E-state index contributed by atoms with van der Waals surface area (Å²) in [6.45, 7) is 0.0445. The number of anilines is 1. The molecule has 37 heavy (non-hydrogen) atoms. The molecule has 2 amide bonds. The van der Waals surface area contributed by atoms with Gasteiger partial charge in [0, 0.05) is 5.02 Å². The highest BCUT2D eigenvalue weighted by molar-refractivity contribution is 7.99. The number of carbonyl (C=O) groups is 2. The van der Waals surface area contributed by atoms with Crippen LogP contribution in [0.2, 0.25) is 10.0 Å². The van der Waals surface area contributed by atoms with Crippen molar-refractivity contribution in [1.29, 1.82) is 0 Å². The second-order valence-corrected chi connectivity index (χ2v) is 10.1. The number of nitrogens with zero attached hydrogens (tertiary/aromatic N) is 3. The number of aromatic nitrogens is 3. The minimum Gasteiger partial charge on any atom is -0.344 e. The summed E-state index contributed by atoms with van der Waals surface area (Å²) in [5.74, 6) is -0.690. The van der Waals surface area contributed by atoms with E-state index in [4.69, 9.17) is 23.2 Å². The molecule has 4 rings (SSSR count). The molecule has 0 unspecified atom stereocenters. The van der Waals surface area contributed by atoms with Crippen LogP contribution in [0.3, 0.4) is 0 Å². The first-order valence-electron chi connectivity index (χ1n) is 10.4. The van der Waals surface area contributed by atoms with Crippen molar-refractivity contribution in [3.05, 3.63) is 86.3 Å². The van der Waals surface area contributed by atoms with Gasteiger partial charge in [0.05, 0.1) is 39.1 Å². The van der Waals surface area contributed by atoms with E-state index in [1.807, 2.05) is 0 Å². The molecular formula is C23H16Cl2F3N5O2S2. The first-order chi connectivity index (χ1) is 17.6. The normalized spacial score (nSPS) is 11.4. The standard InChI is InChI=1S/C23H16Cl2F3N5O2S2/c24-14-3-1-4-15(10-14)33-19(11-29-21(35)18-5-2-8-36-18)31-32-22(33)37-12-20(34)30-17-9-13(23(26,27)28)6-7-16(17)25/h1-10H,11-12H2,(H,29,35)(H,30,34). The fraction of sp³-hybridized carbons (Fsp3) is 0.130. The lowest BCUT2D eigenvalue weighted by Gasteiger charge is -2.12. The molecule has 2 heterocycles. The summed E-state index contributed by atoms with van der Waals surface area (Å²) in [5, 5.41) is 16.0. The lowest BCUT2D eigenvalue weighted by molar-refractivity contribution is -0.137. The minimum atomic E-state index is -4.58. The van der Waals surface area contributed by atoms with E-state index in [9.17, 15) is 22.8 Å². The highest BCUT2D eigenvalue weighted by Crippen LogP contribution is 2.34. The number of hydrogen-bond acceptors (Lipinski definition) is 6. The van der Waals surface area contributed by atoms with Crippen molar-refractivity contribution < 1.29 is 22.8 Å². The van der Waals surface area contributed by atoms with E-state index in [1.54, 1.807) is 46.3 Å². The van der Waals surface area contributed by atoms with Crippen LogP contribution in [0.4, 0.5) is 18.9 Å². The molecule has 2 aromatic heterocycles. The summed E-state index contributed by atoms with van der Waals surface area (Å²) in [6, 6.07) is 13.0. The summed E-state index contributed by atoms with van der Waals surface area (Å²) in [6.07, 6.45) is -4.58. The molecular weight excluding hydrogens is 570 g/mol. The monoisotopic (exact) mass is 585 g/mol. The first-order valence-corrected chi connectivity index (χ1v) is 13.1. The van der Waals surface area contributed by atoms with Gasteiger partial charge in [-0.15, -0.1) is 21.5 Å². The Balaban J connectivity index is 1.51. The third-order valence-electron chi connectivity index (χ3n) is 4.82. The highest BCUT2D eigenvalue weighted by atomic mass is 35.5. The Morgan fingerprint density at radius 1 is 1.05 bits per heavy atom. The Kier molecular flexibility index (Phi) is 8.42. The molecule has 192 valence electrons. The lowest BCUT2D eigenvalue weighted by atomic mass is 10.2. The molecule has 4 aromatic rings. The maximum absolute atomic E-state index is 13.0. The van der Waals surface area contributed by atoms with Crippen LogP contribution in [0.1, 0.15) is 21.1 Å². The van der Waals surface area contributed by atoms with Gasteiger partial charge in [0.2, 0.25) is 5.91 Å². The fourth-order valence-electron chi connectivity index (χ4n) is 3.15. The van der Waals surface area contributed by atoms with Crippen molar-refractivity contribution in [1.82, 2.24) is 20.1 Å². The van der Waals surface area contributed by atoms with Crippen LogP contribution < -0.4 is 10.6 Å². The van der Waals surface area contributed by atoms with E-state index >= 15 is 0 Å². The van der Waals surface area contributed by atoms with E-state index in [0.717, 1.165) is 30.0 Å². The molecule has 0 saturated heterocycles. The SMILES string of the molecule is O=C(CSc1nnc(CNC(=O)c2cccs2)n1-c1cccc(Cl)c1)Nc1cc(C(F)(F)F)ccc1Cl. The molecule has 0 fully saturated rings. The molecule has 0 bridgehead atoms. The van der Waals surface area contributed by atoms with Crippen LogP contribution in [0.25, 0.3) is 5.69 Å². The number of halogens is 5. The van der Waals surface area contributed by atoms with Gasteiger partial charge in [-0.1, -0.05) is 47.1 Å². The van der Waals surface area contributed by atoms with E-state index in [-0.39, 0.29) is 28.9 Å². The summed E-state index contributed by atoms with van der Waals surface area (Å²) in [5.41, 5.74) is -0.494. The van der Waals surface area contributed by atoms with Crippen LogP contribution in [0.15, 0.2) is 65.1 Å². The Bertz CT molecular complexity index is 1430. The smallest absolute Gasteiger partial charge is 0.344 e. The number of alkyl halides is 3. The van der Waals surface area contributed by atoms with E-state index in [0.29, 0.717) is 26.6 Å². The molecule has 0 aliphatic rings. The number of hydrogen-bond donors (Lipinski definition) is 2. The molecule has 0 atom stereocenters. The van der Waals surface area contributed by atoms with Crippen LogP contribution in [-0.4, -0.2) is 32.3 Å².